The summed E-state index contributed by atoms with van der Waals surface area (Å²) in [4.78, 5) is 36.8. The number of esters is 1. The Kier molecular flexibility index (Phi) is 6.13. The molecule has 0 aliphatic carbocycles. The molecule has 0 saturated heterocycles. The molecular formula is C19H25N3O4. The maximum atomic E-state index is 12.7. The van der Waals surface area contributed by atoms with E-state index in [2.05, 4.69) is 10.4 Å². The molecule has 2 atom stereocenters. The number of benzene rings is 1. The van der Waals surface area contributed by atoms with Crippen LogP contribution >= 0.6 is 0 Å². The Morgan fingerprint density at radius 2 is 1.96 bits per heavy atom. The first-order valence-corrected chi connectivity index (χ1v) is 8.65. The van der Waals surface area contributed by atoms with Gasteiger partial charge in [0.25, 0.3) is 5.91 Å². The predicted octanol–water partition coefficient (Wildman–Crippen LogP) is 2.06. The standard InChI is InChI=1S/C19H25N3O4/c1-5-11-19(3,18(25)26-4)20-17(24)15-12-16(13(2)23)22(21-15)14-9-7-6-8-10-14/h6-10,16H,5,11-12H2,1-4H3,(H,20,24). The van der Waals surface area contributed by atoms with Crippen molar-refractivity contribution in [2.75, 3.05) is 12.1 Å². The highest BCUT2D eigenvalue weighted by Gasteiger charge is 2.39. The number of nitrogens with one attached hydrogen (secondary N) is 1. The summed E-state index contributed by atoms with van der Waals surface area (Å²) in [5.74, 6) is -1.05. The van der Waals surface area contributed by atoms with Crippen LogP contribution in [0.5, 0.6) is 0 Å². The predicted molar refractivity (Wildman–Crippen MR) is 98.9 cm³/mol. The SMILES string of the molecule is CCCC(C)(NC(=O)C1=NN(c2ccccc2)C(C(C)=O)C1)C(=O)OC. The molecule has 0 radical (unpaired) electrons. The third kappa shape index (κ3) is 4.09. The first-order chi connectivity index (χ1) is 12.3. The van der Waals surface area contributed by atoms with E-state index in [0.717, 1.165) is 5.69 Å². The normalized spacial score (nSPS) is 18.7. The van der Waals surface area contributed by atoms with Crippen LogP contribution in [0.15, 0.2) is 35.4 Å². The van der Waals surface area contributed by atoms with Gasteiger partial charge in [-0.2, -0.15) is 5.10 Å². The second kappa shape index (κ2) is 8.12. The summed E-state index contributed by atoms with van der Waals surface area (Å²) < 4.78 is 4.82. The summed E-state index contributed by atoms with van der Waals surface area (Å²) in [7, 11) is 1.29. The molecule has 1 heterocycles. The maximum absolute atomic E-state index is 12.7. The van der Waals surface area contributed by atoms with Crippen LogP contribution in [-0.2, 0) is 19.1 Å². The Balaban J connectivity index is 2.25. The third-order valence-electron chi connectivity index (χ3n) is 4.44. The van der Waals surface area contributed by atoms with Crippen molar-refractivity contribution in [1.82, 2.24) is 5.32 Å². The zero-order valence-electron chi connectivity index (χ0n) is 15.6. The summed E-state index contributed by atoms with van der Waals surface area (Å²) in [5.41, 5.74) is -0.172. The molecule has 1 aliphatic heterocycles. The van der Waals surface area contributed by atoms with Gasteiger partial charge in [-0.05, 0) is 32.4 Å². The minimum Gasteiger partial charge on any atom is -0.467 e. The zero-order valence-corrected chi connectivity index (χ0v) is 15.6. The fourth-order valence-electron chi connectivity index (χ4n) is 3.05. The smallest absolute Gasteiger partial charge is 0.331 e. The number of anilines is 1. The van der Waals surface area contributed by atoms with E-state index in [0.29, 0.717) is 12.8 Å². The molecule has 2 rings (SSSR count). The number of Topliss-reactive ketones (excluding diaryl/α,β-unsaturated/α-hetero) is 1. The lowest BCUT2D eigenvalue weighted by atomic mass is 9.95. The number of methoxy groups -OCH3 is 1. The van der Waals surface area contributed by atoms with Crippen molar-refractivity contribution in [2.45, 2.75) is 51.6 Å². The van der Waals surface area contributed by atoms with Gasteiger partial charge in [0.1, 0.15) is 17.3 Å². The number of hydrogen-bond donors (Lipinski definition) is 1. The second-order valence-corrected chi connectivity index (χ2v) is 6.59. The summed E-state index contributed by atoms with van der Waals surface area (Å²) in [6.07, 6.45) is 1.33. The topological polar surface area (TPSA) is 88.1 Å². The van der Waals surface area contributed by atoms with Crippen molar-refractivity contribution in [3.63, 3.8) is 0 Å². The summed E-state index contributed by atoms with van der Waals surface area (Å²) in [5, 5.41) is 8.65. The summed E-state index contributed by atoms with van der Waals surface area (Å²) >= 11 is 0. The Hall–Kier alpha value is -2.70. The van der Waals surface area contributed by atoms with Gasteiger partial charge in [-0.25, -0.2) is 4.79 Å². The lowest BCUT2D eigenvalue weighted by molar-refractivity contribution is -0.149. The van der Waals surface area contributed by atoms with Gasteiger partial charge >= 0.3 is 5.97 Å². The molecule has 1 aromatic carbocycles. The van der Waals surface area contributed by atoms with Crippen LogP contribution in [-0.4, -0.2) is 42.1 Å². The fourth-order valence-corrected chi connectivity index (χ4v) is 3.05. The number of nitrogens with zero attached hydrogens (tertiary/aromatic N) is 2. The number of rotatable bonds is 7. The summed E-state index contributed by atoms with van der Waals surface area (Å²) in [6.45, 7) is 5.03. The lowest BCUT2D eigenvalue weighted by Crippen LogP contribution is -2.54. The largest absolute Gasteiger partial charge is 0.467 e. The average molecular weight is 359 g/mol. The minimum absolute atomic E-state index is 0.0790. The molecule has 1 aromatic rings. The molecule has 0 saturated carbocycles. The highest BCUT2D eigenvalue weighted by Crippen LogP contribution is 2.25. The number of amides is 1. The van der Waals surface area contributed by atoms with E-state index in [9.17, 15) is 14.4 Å². The third-order valence-corrected chi connectivity index (χ3v) is 4.44. The molecule has 0 fully saturated rings. The highest BCUT2D eigenvalue weighted by atomic mass is 16.5. The van der Waals surface area contributed by atoms with E-state index >= 15 is 0 Å². The van der Waals surface area contributed by atoms with Crippen LogP contribution in [0.4, 0.5) is 5.69 Å². The van der Waals surface area contributed by atoms with E-state index in [4.69, 9.17) is 4.74 Å². The van der Waals surface area contributed by atoms with Crippen LogP contribution in [0, 0.1) is 0 Å². The number of carbonyl (C=O) groups excluding carboxylic acids is 3. The first-order valence-electron chi connectivity index (χ1n) is 8.65. The average Bonchev–Trinajstić information content (AvgIpc) is 3.07. The molecular weight excluding hydrogens is 334 g/mol. The van der Waals surface area contributed by atoms with E-state index in [1.165, 1.54) is 14.0 Å². The Morgan fingerprint density at radius 3 is 2.50 bits per heavy atom. The number of hydrazone groups is 1. The molecule has 1 amide bonds. The lowest BCUT2D eigenvalue weighted by Gasteiger charge is -2.27. The number of ether oxygens (including phenoxy) is 1. The quantitative estimate of drug-likeness (QED) is 0.753. The van der Waals surface area contributed by atoms with Crippen LogP contribution in [0.25, 0.3) is 0 Å². The molecule has 1 aliphatic rings. The van der Waals surface area contributed by atoms with Crippen molar-refractivity contribution in [1.29, 1.82) is 0 Å². The van der Waals surface area contributed by atoms with Crippen LogP contribution in [0.1, 0.15) is 40.0 Å². The van der Waals surface area contributed by atoms with Gasteiger partial charge in [-0.3, -0.25) is 14.6 Å². The van der Waals surface area contributed by atoms with Crippen molar-refractivity contribution in [3.05, 3.63) is 30.3 Å². The number of hydrogen-bond acceptors (Lipinski definition) is 6. The minimum atomic E-state index is -1.13. The van der Waals surface area contributed by atoms with Crippen molar-refractivity contribution >= 4 is 29.1 Å². The Morgan fingerprint density at radius 1 is 1.31 bits per heavy atom. The maximum Gasteiger partial charge on any atom is 0.331 e. The van der Waals surface area contributed by atoms with E-state index in [1.54, 1.807) is 11.9 Å². The zero-order chi connectivity index (χ0) is 19.3. The molecule has 0 bridgehead atoms. The monoisotopic (exact) mass is 359 g/mol. The van der Waals surface area contributed by atoms with Gasteiger partial charge in [0.2, 0.25) is 0 Å². The molecule has 0 aromatic heterocycles. The van der Waals surface area contributed by atoms with Crippen LogP contribution in [0.2, 0.25) is 0 Å². The summed E-state index contributed by atoms with van der Waals surface area (Å²) in [6, 6.07) is 8.68. The van der Waals surface area contributed by atoms with Gasteiger partial charge in [-0.1, -0.05) is 31.5 Å². The second-order valence-electron chi connectivity index (χ2n) is 6.59. The molecule has 7 nitrogen and oxygen atoms in total. The molecule has 7 heteroatoms. The Bertz CT molecular complexity index is 717. The van der Waals surface area contributed by atoms with Gasteiger partial charge in [0.15, 0.2) is 5.78 Å². The van der Waals surface area contributed by atoms with Gasteiger partial charge in [-0.15, -0.1) is 0 Å². The molecule has 1 N–H and O–H groups in total. The van der Waals surface area contributed by atoms with Gasteiger partial charge in [0.05, 0.1) is 12.8 Å². The Labute approximate surface area is 153 Å². The molecule has 140 valence electrons. The van der Waals surface area contributed by atoms with Crippen molar-refractivity contribution in [3.8, 4) is 0 Å². The van der Waals surface area contributed by atoms with Crippen molar-refractivity contribution < 1.29 is 19.1 Å². The van der Waals surface area contributed by atoms with E-state index < -0.39 is 23.5 Å². The van der Waals surface area contributed by atoms with Crippen LogP contribution in [0.3, 0.4) is 0 Å². The highest BCUT2D eigenvalue weighted by molar-refractivity contribution is 6.40. The van der Waals surface area contributed by atoms with E-state index in [-0.39, 0.29) is 17.9 Å². The first kappa shape index (κ1) is 19.6. The van der Waals surface area contributed by atoms with Crippen molar-refractivity contribution in [2.24, 2.45) is 5.10 Å². The van der Waals surface area contributed by atoms with Gasteiger partial charge in [0, 0.05) is 6.42 Å². The molecule has 0 spiro atoms. The molecule has 2 unspecified atom stereocenters. The number of carbonyl (C=O) groups is 3. The number of para-hydroxylation sites is 1. The van der Waals surface area contributed by atoms with Crippen LogP contribution < -0.4 is 10.3 Å². The fraction of sp³-hybridized carbons (Fsp3) is 0.474. The number of ketones is 1. The van der Waals surface area contributed by atoms with Gasteiger partial charge < -0.3 is 10.1 Å². The molecule has 26 heavy (non-hydrogen) atoms. The van der Waals surface area contributed by atoms with E-state index in [1.807, 2.05) is 37.3 Å².